The van der Waals surface area contributed by atoms with Gasteiger partial charge in [0, 0.05) is 61.8 Å². The number of aromatic nitrogens is 3. The van der Waals surface area contributed by atoms with Crippen molar-refractivity contribution in [3.8, 4) is 0 Å². The number of carbonyl (C=O) groups is 11. The molecule has 460 valence electrons. The minimum atomic E-state index is -1.44. The number of fused-ring (bicyclic) bond motifs is 1. The largest absolute Gasteiger partial charge is 0.370 e. The van der Waals surface area contributed by atoms with E-state index in [-0.39, 0.29) is 56.2 Å². The minimum Gasteiger partial charge on any atom is -0.370 e. The molecule has 0 saturated carbocycles. The number of hydrogen-bond donors (Lipinski definition) is 12. The average molecular weight is 1200 g/mol. The molecule has 6 rings (SSSR count). The number of carbonyl (C=O) groups excluding carboxylic acids is 11. The molecule has 85 heavy (non-hydrogen) atoms. The number of piperidine rings is 1. The molecular formula is C58H81N15O11S. The first-order valence-corrected chi connectivity index (χ1v) is 29.8. The summed E-state index contributed by atoms with van der Waals surface area (Å²) in [7, 11) is 1.36. The number of nitrogens with two attached hydrogens (primary N) is 2. The lowest BCUT2D eigenvalue weighted by molar-refractivity contribution is -0.143. The van der Waals surface area contributed by atoms with Crippen LogP contribution in [0.15, 0.2) is 73.3 Å². The molecule has 2 aliphatic heterocycles. The topological polar surface area (TPSA) is 387 Å². The molecule has 0 aliphatic carbocycles. The molecule has 11 amide bonds. The van der Waals surface area contributed by atoms with Gasteiger partial charge in [0.1, 0.15) is 48.3 Å². The van der Waals surface area contributed by atoms with Gasteiger partial charge in [-0.15, -0.1) is 11.8 Å². The summed E-state index contributed by atoms with van der Waals surface area (Å²) in [5, 5.41) is 22.8. The van der Waals surface area contributed by atoms with E-state index in [1.807, 2.05) is 38.1 Å². The Morgan fingerprint density at radius 3 is 2.06 bits per heavy atom. The molecule has 0 radical (unpaired) electrons. The van der Waals surface area contributed by atoms with Crippen LogP contribution in [0.25, 0.3) is 10.9 Å². The van der Waals surface area contributed by atoms with E-state index in [0.717, 1.165) is 34.2 Å². The van der Waals surface area contributed by atoms with Crippen molar-refractivity contribution in [1.82, 2.24) is 67.3 Å². The normalized spacial score (nSPS) is 17.5. The summed E-state index contributed by atoms with van der Waals surface area (Å²) in [4.78, 5) is 164. The molecular weight excluding hydrogens is 1110 g/mol. The van der Waals surface area contributed by atoms with Crippen LogP contribution in [0.5, 0.6) is 0 Å². The number of primary amides is 2. The highest BCUT2D eigenvalue weighted by molar-refractivity contribution is 7.99. The Kier molecular flexibility index (Phi) is 24.4. The number of nitrogens with zero attached hydrogens (tertiary/aromatic N) is 3. The van der Waals surface area contributed by atoms with Crippen LogP contribution in [0.1, 0.15) is 90.0 Å². The molecule has 9 atom stereocenters. The van der Waals surface area contributed by atoms with Crippen LogP contribution in [0.2, 0.25) is 0 Å². The first-order chi connectivity index (χ1) is 40.5. The molecule has 4 heterocycles. The lowest BCUT2D eigenvalue weighted by atomic mass is 10.0. The number of nitrogens with one attached hydrogen (secondary N) is 10. The predicted molar refractivity (Wildman–Crippen MR) is 317 cm³/mol. The van der Waals surface area contributed by atoms with Crippen LogP contribution in [-0.4, -0.2) is 176 Å². The molecule has 2 aliphatic rings. The number of likely N-dealkylation sites (N-methyl/N-ethyl adjacent to an activating group) is 1. The van der Waals surface area contributed by atoms with E-state index in [0.29, 0.717) is 30.0 Å². The SMILES string of the molecule is CC(C)C[C@H](NC(=O)[C@H](Cc1c[nH]cn1)N(C)C(=O)CNC(=O)[C@@H](NC(=O)[C@H](C)NC(=O)[C@H](Cc1c[nH]c2ccccc12)NC(=O)[C@H](CCC(N)=O)NC(=O)[C@@H](Cc1ccccc1)NC(=O)[C@@H]1CCCCN1)C(C)C)C(=O)N1CSC[C@H]1C(N)=O. The van der Waals surface area contributed by atoms with Crippen molar-refractivity contribution in [1.29, 1.82) is 0 Å². The number of imidazole rings is 1. The average Bonchev–Trinajstić information content (AvgIpc) is 4.49. The number of benzene rings is 2. The van der Waals surface area contributed by atoms with Crippen LogP contribution in [0.4, 0.5) is 0 Å². The van der Waals surface area contributed by atoms with E-state index in [9.17, 15) is 52.7 Å². The van der Waals surface area contributed by atoms with Crippen molar-refractivity contribution in [3.63, 3.8) is 0 Å². The summed E-state index contributed by atoms with van der Waals surface area (Å²) < 4.78 is 0. The van der Waals surface area contributed by atoms with Crippen molar-refractivity contribution in [2.24, 2.45) is 23.3 Å². The van der Waals surface area contributed by atoms with E-state index in [4.69, 9.17) is 11.5 Å². The van der Waals surface area contributed by atoms with E-state index < -0.39 is 126 Å². The first kappa shape index (κ1) is 65.8. The first-order valence-electron chi connectivity index (χ1n) is 28.6. The van der Waals surface area contributed by atoms with Gasteiger partial charge in [-0.05, 0) is 68.2 Å². The van der Waals surface area contributed by atoms with Gasteiger partial charge >= 0.3 is 0 Å². The van der Waals surface area contributed by atoms with Gasteiger partial charge in [-0.2, -0.15) is 0 Å². The summed E-state index contributed by atoms with van der Waals surface area (Å²) in [5.41, 5.74) is 13.6. The molecule has 26 nitrogen and oxygen atoms in total. The quantitative estimate of drug-likeness (QED) is 0.0307. The Hall–Kier alpha value is -8.33. The Morgan fingerprint density at radius 2 is 1.40 bits per heavy atom. The van der Waals surface area contributed by atoms with Crippen molar-refractivity contribution in [2.75, 3.05) is 31.8 Å². The highest BCUT2D eigenvalue weighted by Crippen LogP contribution is 2.24. The molecule has 0 unspecified atom stereocenters. The second kappa shape index (κ2) is 31.5. The van der Waals surface area contributed by atoms with Gasteiger partial charge < -0.3 is 73.8 Å². The molecule has 2 aromatic heterocycles. The summed E-state index contributed by atoms with van der Waals surface area (Å²) in [5.74, 6) is -7.81. The molecule has 2 saturated heterocycles. The van der Waals surface area contributed by atoms with Crippen molar-refractivity contribution in [3.05, 3.63) is 90.1 Å². The zero-order chi connectivity index (χ0) is 61.9. The summed E-state index contributed by atoms with van der Waals surface area (Å²) in [6.45, 7) is 8.42. The highest BCUT2D eigenvalue weighted by Gasteiger charge is 2.40. The number of hydrogen-bond acceptors (Lipinski definition) is 14. The number of thioether (sulfide) groups is 1. The van der Waals surface area contributed by atoms with E-state index >= 15 is 0 Å². The molecule has 14 N–H and O–H groups in total. The van der Waals surface area contributed by atoms with E-state index in [1.165, 1.54) is 37.0 Å². The Balaban J connectivity index is 1.14. The highest BCUT2D eigenvalue weighted by atomic mass is 32.2. The Labute approximate surface area is 497 Å². The lowest BCUT2D eigenvalue weighted by Gasteiger charge is -2.32. The molecule has 4 aromatic rings. The van der Waals surface area contributed by atoms with Crippen molar-refractivity contribution in [2.45, 2.75) is 147 Å². The third-order valence-corrected chi connectivity index (χ3v) is 15.9. The van der Waals surface area contributed by atoms with Crippen LogP contribution in [-0.2, 0) is 72.0 Å². The van der Waals surface area contributed by atoms with Crippen LogP contribution >= 0.6 is 11.8 Å². The van der Waals surface area contributed by atoms with Crippen LogP contribution < -0.4 is 54.0 Å². The number of para-hydroxylation sites is 1. The van der Waals surface area contributed by atoms with E-state index in [1.54, 1.807) is 56.6 Å². The standard InChI is InChI=1S/C58H81N15O11S/c1-32(2)22-44(58(84)73-31-85-29-46(73)50(60)76)70-56(82)45(25-37-27-61-30-65-37)72(6)48(75)28-64-57(83)49(33(3)4)71-51(77)34(5)66-54(80)43(24-36-26-63-39-17-11-10-16-38(36)39)69-53(79)41(19-20-47(59)74)67-55(81)42(23-35-14-8-7-9-15-35)68-52(78)40-18-12-13-21-62-40/h7-11,14-17,26-27,30,32-34,40-46,49,62-63H,12-13,18-25,28-29,31H2,1-6H3,(H2,59,74)(H2,60,76)(H,61,65)(H,64,83)(H,66,80)(H,67,81)(H,68,78)(H,69,79)(H,70,82)(H,71,77)/t34-,40-,41-,42+,43-,44-,45-,46-,49-/m0/s1. The number of amides is 11. The Morgan fingerprint density at radius 1 is 0.729 bits per heavy atom. The maximum atomic E-state index is 14.5. The maximum Gasteiger partial charge on any atom is 0.246 e. The lowest BCUT2D eigenvalue weighted by Crippen LogP contribution is -2.60. The number of H-pyrrole nitrogens is 2. The monoisotopic (exact) mass is 1200 g/mol. The maximum absolute atomic E-state index is 14.5. The van der Waals surface area contributed by atoms with Gasteiger partial charge in [0.2, 0.25) is 65.0 Å². The zero-order valence-electron chi connectivity index (χ0n) is 48.9. The zero-order valence-corrected chi connectivity index (χ0v) is 49.7. The van der Waals surface area contributed by atoms with E-state index in [2.05, 4.69) is 57.5 Å². The predicted octanol–water partition coefficient (Wildman–Crippen LogP) is -0.713. The molecule has 2 fully saturated rings. The van der Waals surface area contributed by atoms with Crippen molar-refractivity contribution < 1.29 is 52.7 Å². The molecule has 2 aromatic carbocycles. The van der Waals surface area contributed by atoms with Gasteiger partial charge in [0.15, 0.2) is 0 Å². The Bertz CT molecular complexity index is 2990. The third-order valence-electron chi connectivity index (χ3n) is 14.9. The van der Waals surface area contributed by atoms with Gasteiger partial charge in [-0.3, -0.25) is 52.7 Å². The fourth-order valence-corrected chi connectivity index (χ4v) is 11.2. The smallest absolute Gasteiger partial charge is 0.246 e. The van der Waals surface area contributed by atoms with Gasteiger partial charge in [-0.25, -0.2) is 4.98 Å². The fraction of sp³-hybridized carbons (Fsp3) is 0.517. The minimum absolute atomic E-state index is 0.0652. The summed E-state index contributed by atoms with van der Waals surface area (Å²) in [6.07, 6.45) is 6.38. The molecule has 0 spiro atoms. The van der Waals surface area contributed by atoms with Gasteiger partial charge in [0.05, 0.1) is 30.5 Å². The molecule has 0 bridgehead atoms. The molecule has 27 heteroatoms. The second-order valence-electron chi connectivity index (χ2n) is 22.3. The van der Waals surface area contributed by atoms with Gasteiger partial charge in [-0.1, -0.05) is 82.6 Å². The third kappa shape index (κ3) is 19.1. The summed E-state index contributed by atoms with van der Waals surface area (Å²) >= 11 is 1.36. The van der Waals surface area contributed by atoms with Crippen LogP contribution in [0, 0.1) is 11.8 Å². The number of rotatable bonds is 30. The van der Waals surface area contributed by atoms with Crippen LogP contribution in [0.3, 0.4) is 0 Å². The second-order valence-corrected chi connectivity index (χ2v) is 23.3. The van der Waals surface area contributed by atoms with Crippen molar-refractivity contribution >= 4 is 87.6 Å². The summed E-state index contributed by atoms with van der Waals surface area (Å²) in [6, 6.07) is 5.97. The van der Waals surface area contributed by atoms with Gasteiger partial charge in [0.25, 0.3) is 0 Å². The fourth-order valence-electron chi connectivity index (χ4n) is 10.1. The number of aromatic amines is 2.